The smallest absolute Gasteiger partial charge is 0.170 e. The van der Waals surface area contributed by atoms with Crippen molar-refractivity contribution in [3.8, 4) is 5.75 Å². The summed E-state index contributed by atoms with van der Waals surface area (Å²) < 4.78 is 5.56. The van der Waals surface area contributed by atoms with Crippen LogP contribution in [0.3, 0.4) is 0 Å². The van der Waals surface area contributed by atoms with Crippen LogP contribution in [-0.4, -0.2) is 30.2 Å². The summed E-state index contributed by atoms with van der Waals surface area (Å²) >= 11 is 0. The molecule has 1 rings (SSSR count). The first kappa shape index (κ1) is 14.3. The molecule has 4 N–H and O–H groups in total. The average molecular weight is 251 g/mol. The first-order chi connectivity index (χ1) is 8.67. The monoisotopic (exact) mass is 251 g/mol. The van der Waals surface area contributed by atoms with Gasteiger partial charge in [0, 0.05) is 18.2 Å². The number of benzene rings is 1. The molecule has 1 aromatic rings. The predicted molar refractivity (Wildman–Crippen MR) is 72.2 cm³/mol. The lowest BCUT2D eigenvalue weighted by Gasteiger charge is -2.12. The zero-order chi connectivity index (χ0) is 13.4. The second kappa shape index (κ2) is 7.55. The molecule has 5 heteroatoms. The summed E-state index contributed by atoms with van der Waals surface area (Å²) in [5.74, 6) is 0.871. The molecule has 0 fully saturated rings. The number of ether oxygens (including phenoxy) is 1. The number of amidine groups is 1. The second-order valence-electron chi connectivity index (χ2n) is 4.12. The van der Waals surface area contributed by atoms with Crippen LogP contribution in [0.4, 0.5) is 0 Å². The molecule has 0 bridgehead atoms. The molecule has 18 heavy (non-hydrogen) atoms. The lowest BCUT2D eigenvalue weighted by molar-refractivity contribution is 0.306. The fourth-order valence-corrected chi connectivity index (χ4v) is 1.40. The molecule has 0 aliphatic carbocycles. The van der Waals surface area contributed by atoms with E-state index in [1.165, 1.54) is 0 Å². The maximum Gasteiger partial charge on any atom is 0.170 e. The highest BCUT2D eigenvalue weighted by molar-refractivity contribution is 5.97. The van der Waals surface area contributed by atoms with Gasteiger partial charge in [0.2, 0.25) is 0 Å². The van der Waals surface area contributed by atoms with Crippen molar-refractivity contribution >= 4 is 5.84 Å². The van der Waals surface area contributed by atoms with Gasteiger partial charge in [0.15, 0.2) is 5.84 Å². The molecule has 1 unspecified atom stereocenters. The Morgan fingerprint density at radius 2 is 2.11 bits per heavy atom. The molecule has 0 saturated carbocycles. The van der Waals surface area contributed by atoms with Crippen LogP contribution in [0, 0.1) is 0 Å². The predicted octanol–water partition coefficient (Wildman–Crippen LogP) is 1.55. The van der Waals surface area contributed by atoms with E-state index in [1.807, 2.05) is 0 Å². The third kappa shape index (κ3) is 4.63. The molecule has 0 spiro atoms. The fraction of sp³-hybridized carbons (Fsp3) is 0.462. The van der Waals surface area contributed by atoms with Crippen LogP contribution in [0.15, 0.2) is 29.4 Å². The Morgan fingerprint density at radius 3 is 2.67 bits per heavy atom. The van der Waals surface area contributed by atoms with Gasteiger partial charge in [-0.15, -0.1) is 0 Å². The van der Waals surface area contributed by atoms with E-state index in [4.69, 9.17) is 15.7 Å². The SMILES string of the molecule is CCC(C)NCCOc1ccc(C(N)=NO)cc1. The van der Waals surface area contributed by atoms with E-state index in [2.05, 4.69) is 24.3 Å². The number of hydrogen-bond acceptors (Lipinski definition) is 4. The maximum absolute atomic E-state index is 8.53. The zero-order valence-corrected chi connectivity index (χ0v) is 10.9. The molecule has 0 aromatic heterocycles. The van der Waals surface area contributed by atoms with Crippen molar-refractivity contribution in [3.05, 3.63) is 29.8 Å². The summed E-state index contributed by atoms with van der Waals surface area (Å²) in [5.41, 5.74) is 6.13. The van der Waals surface area contributed by atoms with Crippen LogP contribution in [-0.2, 0) is 0 Å². The van der Waals surface area contributed by atoms with E-state index in [1.54, 1.807) is 24.3 Å². The second-order valence-corrected chi connectivity index (χ2v) is 4.12. The normalized spacial score (nSPS) is 13.3. The third-order valence-corrected chi connectivity index (χ3v) is 2.73. The number of hydrogen-bond donors (Lipinski definition) is 3. The van der Waals surface area contributed by atoms with Crippen molar-refractivity contribution in [3.63, 3.8) is 0 Å². The Balaban J connectivity index is 2.36. The van der Waals surface area contributed by atoms with E-state index < -0.39 is 0 Å². The van der Waals surface area contributed by atoms with E-state index in [0.717, 1.165) is 18.7 Å². The van der Waals surface area contributed by atoms with Crippen molar-refractivity contribution < 1.29 is 9.94 Å². The van der Waals surface area contributed by atoms with Crippen molar-refractivity contribution in [1.29, 1.82) is 0 Å². The molecule has 0 saturated heterocycles. The first-order valence-electron chi connectivity index (χ1n) is 6.11. The van der Waals surface area contributed by atoms with Gasteiger partial charge < -0.3 is 21.0 Å². The van der Waals surface area contributed by atoms with E-state index >= 15 is 0 Å². The van der Waals surface area contributed by atoms with Gasteiger partial charge in [0.05, 0.1) is 0 Å². The highest BCUT2D eigenvalue weighted by Crippen LogP contribution is 2.11. The highest BCUT2D eigenvalue weighted by atomic mass is 16.5. The number of nitrogens with zero attached hydrogens (tertiary/aromatic N) is 1. The van der Waals surface area contributed by atoms with Crippen molar-refractivity contribution in [2.24, 2.45) is 10.9 Å². The van der Waals surface area contributed by atoms with Gasteiger partial charge in [0.1, 0.15) is 12.4 Å². The summed E-state index contributed by atoms with van der Waals surface area (Å²) in [4.78, 5) is 0. The number of nitrogens with one attached hydrogen (secondary N) is 1. The van der Waals surface area contributed by atoms with Crippen molar-refractivity contribution in [2.45, 2.75) is 26.3 Å². The van der Waals surface area contributed by atoms with Gasteiger partial charge in [-0.25, -0.2) is 0 Å². The molecular formula is C13H21N3O2. The Labute approximate surface area is 108 Å². The Kier molecular flexibility index (Phi) is 6.00. The Hall–Kier alpha value is -1.75. The van der Waals surface area contributed by atoms with Crippen LogP contribution in [0.1, 0.15) is 25.8 Å². The van der Waals surface area contributed by atoms with Crippen LogP contribution in [0.5, 0.6) is 5.75 Å². The van der Waals surface area contributed by atoms with Crippen LogP contribution >= 0.6 is 0 Å². The molecule has 0 amide bonds. The fourth-order valence-electron chi connectivity index (χ4n) is 1.40. The maximum atomic E-state index is 8.53. The molecule has 0 heterocycles. The quantitative estimate of drug-likeness (QED) is 0.226. The Morgan fingerprint density at radius 1 is 1.44 bits per heavy atom. The number of nitrogens with two attached hydrogens (primary N) is 1. The minimum atomic E-state index is 0.0972. The number of oxime groups is 1. The highest BCUT2D eigenvalue weighted by Gasteiger charge is 2.00. The molecule has 0 aliphatic rings. The van der Waals surface area contributed by atoms with Gasteiger partial charge in [-0.2, -0.15) is 0 Å². The zero-order valence-electron chi connectivity index (χ0n) is 10.9. The average Bonchev–Trinajstić information content (AvgIpc) is 2.43. The van der Waals surface area contributed by atoms with Crippen molar-refractivity contribution in [1.82, 2.24) is 5.32 Å². The molecule has 100 valence electrons. The summed E-state index contributed by atoms with van der Waals surface area (Å²) in [6.45, 7) is 5.72. The minimum absolute atomic E-state index is 0.0972. The Bertz CT molecular complexity index is 376. The molecule has 1 atom stereocenters. The van der Waals surface area contributed by atoms with Gasteiger partial charge in [-0.05, 0) is 37.6 Å². The molecule has 0 radical (unpaired) electrons. The molecular weight excluding hydrogens is 230 g/mol. The van der Waals surface area contributed by atoms with Crippen LogP contribution in [0.25, 0.3) is 0 Å². The van der Waals surface area contributed by atoms with Gasteiger partial charge in [0.25, 0.3) is 0 Å². The lowest BCUT2D eigenvalue weighted by Crippen LogP contribution is -2.29. The van der Waals surface area contributed by atoms with E-state index in [9.17, 15) is 0 Å². The van der Waals surface area contributed by atoms with Crippen LogP contribution < -0.4 is 15.8 Å². The largest absolute Gasteiger partial charge is 0.492 e. The van der Waals surface area contributed by atoms with Gasteiger partial charge in [-0.1, -0.05) is 12.1 Å². The lowest BCUT2D eigenvalue weighted by atomic mass is 10.2. The van der Waals surface area contributed by atoms with E-state index in [0.29, 0.717) is 18.2 Å². The van der Waals surface area contributed by atoms with Gasteiger partial charge >= 0.3 is 0 Å². The molecule has 5 nitrogen and oxygen atoms in total. The third-order valence-electron chi connectivity index (χ3n) is 2.73. The number of rotatable bonds is 7. The van der Waals surface area contributed by atoms with E-state index in [-0.39, 0.29) is 5.84 Å². The van der Waals surface area contributed by atoms with Crippen LogP contribution in [0.2, 0.25) is 0 Å². The van der Waals surface area contributed by atoms with Gasteiger partial charge in [-0.3, -0.25) is 0 Å². The summed E-state index contributed by atoms with van der Waals surface area (Å²) in [7, 11) is 0. The first-order valence-corrected chi connectivity index (χ1v) is 6.11. The molecule has 1 aromatic carbocycles. The minimum Gasteiger partial charge on any atom is -0.492 e. The topological polar surface area (TPSA) is 79.9 Å². The standard InChI is InChI=1S/C13H21N3O2/c1-3-10(2)15-8-9-18-12-6-4-11(5-7-12)13(14)16-17/h4-7,10,15,17H,3,8-9H2,1-2H3,(H2,14,16). The van der Waals surface area contributed by atoms with Crippen molar-refractivity contribution in [2.75, 3.05) is 13.2 Å². The summed E-state index contributed by atoms with van der Waals surface area (Å²) in [6, 6.07) is 7.63. The summed E-state index contributed by atoms with van der Waals surface area (Å²) in [6.07, 6.45) is 1.11. The molecule has 0 aliphatic heterocycles. The summed E-state index contributed by atoms with van der Waals surface area (Å²) in [5, 5.41) is 14.8.